The van der Waals surface area contributed by atoms with E-state index < -0.39 is 0 Å². The molecule has 2 unspecified atom stereocenters. The first-order chi connectivity index (χ1) is 9.95. The van der Waals surface area contributed by atoms with Crippen LogP contribution in [0.25, 0.3) is 0 Å². The van der Waals surface area contributed by atoms with E-state index in [0.717, 1.165) is 19.4 Å². The maximum atomic E-state index is 12.3. The molecule has 0 aliphatic carbocycles. The van der Waals surface area contributed by atoms with Crippen LogP contribution >= 0.6 is 0 Å². The van der Waals surface area contributed by atoms with Crippen molar-refractivity contribution in [2.75, 3.05) is 25.5 Å². The van der Waals surface area contributed by atoms with E-state index in [1.807, 2.05) is 0 Å². The molecule has 0 aromatic carbocycles. The van der Waals surface area contributed by atoms with Crippen LogP contribution in [0, 0.1) is 12.8 Å². The number of hydrogen-bond acceptors (Lipinski definition) is 5. The van der Waals surface area contributed by atoms with E-state index in [1.165, 1.54) is 4.90 Å². The fourth-order valence-corrected chi connectivity index (χ4v) is 2.46. The van der Waals surface area contributed by atoms with Crippen LogP contribution in [0.1, 0.15) is 25.5 Å². The minimum atomic E-state index is -0.289. The van der Waals surface area contributed by atoms with Gasteiger partial charge in [-0.05, 0) is 32.2 Å². The summed E-state index contributed by atoms with van der Waals surface area (Å²) >= 11 is 0. The molecule has 1 aromatic heterocycles. The lowest BCUT2D eigenvalue weighted by molar-refractivity contribution is -0.136. The minimum Gasteiger partial charge on any atom is -0.360 e. The van der Waals surface area contributed by atoms with Crippen molar-refractivity contribution in [2.45, 2.75) is 32.7 Å². The van der Waals surface area contributed by atoms with E-state index in [1.54, 1.807) is 20.0 Å². The van der Waals surface area contributed by atoms with E-state index >= 15 is 0 Å². The number of nitrogens with one attached hydrogen (secondary N) is 2. The van der Waals surface area contributed by atoms with Gasteiger partial charge in [0.1, 0.15) is 5.76 Å². The lowest BCUT2D eigenvalue weighted by atomic mass is 9.93. The quantitative estimate of drug-likeness (QED) is 0.856. The van der Waals surface area contributed by atoms with Gasteiger partial charge in [-0.2, -0.15) is 0 Å². The van der Waals surface area contributed by atoms with Crippen LogP contribution in [-0.2, 0) is 9.59 Å². The van der Waals surface area contributed by atoms with Crippen molar-refractivity contribution in [1.29, 1.82) is 0 Å². The Labute approximate surface area is 124 Å². The summed E-state index contributed by atoms with van der Waals surface area (Å²) < 4.78 is 4.87. The number of nitrogens with zero attached hydrogens (tertiary/aromatic N) is 2. The van der Waals surface area contributed by atoms with Crippen LogP contribution in [0.3, 0.4) is 0 Å². The Bertz CT molecular complexity index is 514. The van der Waals surface area contributed by atoms with Crippen molar-refractivity contribution >= 4 is 17.6 Å². The molecule has 1 aliphatic heterocycles. The molecule has 0 radical (unpaired) electrons. The summed E-state index contributed by atoms with van der Waals surface area (Å²) in [6.07, 6.45) is 1.90. The SMILES string of the molecule is Cc1cc(NC(=O)CN(C)C(=O)C2CC(C)CCN2)no1. The monoisotopic (exact) mass is 294 g/mol. The highest BCUT2D eigenvalue weighted by Crippen LogP contribution is 2.16. The first kappa shape index (κ1) is 15.5. The first-order valence-corrected chi connectivity index (χ1v) is 7.17. The topological polar surface area (TPSA) is 87.5 Å². The second-order valence-electron chi connectivity index (χ2n) is 5.70. The van der Waals surface area contributed by atoms with Crippen LogP contribution in [0.2, 0.25) is 0 Å². The Kier molecular flexibility index (Phi) is 4.95. The largest absolute Gasteiger partial charge is 0.360 e. The number of piperidine rings is 1. The fourth-order valence-electron chi connectivity index (χ4n) is 2.46. The standard InChI is InChI=1S/C14H22N4O3/c1-9-4-5-15-11(6-9)14(20)18(3)8-13(19)16-12-7-10(2)21-17-12/h7,9,11,15H,4-6,8H2,1-3H3,(H,16,17,19). The van der Waals surface area contributed by atoms with Crippen molar-refractivity contribution in [1.82, 2.24) is 15.4 Å². The van der Waals surface area contributed by atoms with Gasteiger partial charge in [0.05, 0.1) is 12.6 Å². The maximum absolute atomic E-state index is 12.3. The molecule has 1 saturated heterocycles. The molecular weight excluding hydrogens is 272 g/mol. The molecule has 1 aromatic rings. The third-order valence-electron chi connectivity index (χ3n) is 3.62. The Morgan fingerprint density at radius 3 is 2.95 bits per heavy atom. The molecule has 1 fully saturated rings. The summed E-state index contributed by atoms with van der Waals surface area (Å²) in [6.45, 7) is 4.72. The van der Waals surface area contributed by atoms with Gasteiger partial charge in [0, 0.05) is 13.1 Å². The number of aromatic nitrogens is 1. The second kappa shape index (κ2) is 6.71. The highest BCUT2D eigenvalue weighted by molar-refractivity contribution is 5.94. The number of amides is 2. The number of anilines is 1. The molecule has 2 atom stereocenters. The average Bonchev–Trinajstić information content (AvgIpc) is 2.82. The molecule has 21 heavy (non-hydrogen) atoms. The molecule has 2 amide bonds. The van der Waals surface area contributed by atoms with Crippen LogP contribution in [0.4, 0.5) is 5.82 Å². The fraction of sp³-hybridized carbons (Fsp3) is 0.643. The van der Waals surface area contributed by atoms with E-state index in [-0.39, 0.29) is 24.4 Å². The lowest BCUT2D eigenvalue weighted by Crippen LogP contribution is -2.50. The molecule has 2 rings (SSSR count). The highest BCUT2D eigenvalue weighted by Gasteiger charge is 2.27. The molecule has 2 N–H and O–H groups in total. The summed E-state index contributed by atoms with van der Waals surface area (Å²) in [7, 11) is 1.64. The average molecular weight is 294 g/mol. The van der Waals surface area contributed by atoms with Crippen LogP contribution in [-0.4, -0.2) is 48.0 Å². The van der Waals surface area contributed by atoms with Crippen LogP contribution < -0.4 is 10.6 Å². The highest BCUT2D eigenvalue weighted by atomic mass is 16.5. The smallest absolute Gasteiger partial charge is 0.245 e. The van der Waals surface area contributed by atoms with Gasteiger partial charge in [-0.15, -0.1) is 0 Å². The Morgan fingerprint density at radius 2 is 2.33 bits per heavy atom. The summed E-state index contributed by atoms with van der Waals surface area (Å²) in [5.41, 5.74) is 0. The van der Waals surface area contributed by atoms with Gasteiger partial charge in [0.25, 0.3) is 0 Å². The number of aryl methyl sites for hydroxylation is 1. The van der Waals surface area contributed by atoms with Gasteiger partial charge >= 0.3 is 0 Å². The van der Waals surface area contributed by atoms with Gasteiger partial charge in [0.2, 0.25) is 11.8 Å². The number of hydrogen-bond donors (Lipinski definition) is 2. The zero-order valence-corrected chi connectivity index (χ0v) is 12.7. The molecule has 0 spiro atoms. The van der Waals surface area contributed by atoms with E-state index in [4.69, 9.17) is 4.52 Å². The van der Waals surface area contributed by atoms with Gasteiger partial charge in [0.15, 0.2) is 5.82 Å². The molecule has 7 nitrogen and oxygen atoms in total. The number of rotatable bonds is 4. The van der Waals surface area contributed by atoms with Gasteiger partial charge in [-0.3, -0.25) is 9.59 Å². The molecule has 0 saturated carbocycles. The van der Waals surface area contributed by atoms with Crippen molar-refractivity contribution in [3.8, 4) is 0 Å². The normalized spacial score (nSPS) is 21.9. The summed E-state index contributed by atoms with van der Waals surface area (Å²) in [4.78, 5) is 25.6. The molecule has 0 bridgehead atoms. The van der Waals surface area contributed by atoms with Crippen molar-refractivity contribution in [2.24, 2.45) is 5.92 Å². The Morgan fingerprint density at radius 1 is 1.57 bits per heavy atom. The summed E-state index contributed by atoms with van der Waals surface area (Å²) in [6, 6.07) is 1.44. The summed E-state index contributed by atoms with van der Waals surface area (Å²) in [5, 5.41) is 9.49. The lowest BCUT2D eigenvalue weighted by Gasteiger charge is -2.30. The number of carbonyl (C=O) groups excluding carboxylic acids is 2. The van der Waals surface area contributed by atoms with E-state index in [0.29, 0.717) is 17.5 Å². The van der Waals surface area contributed by atoms with Gasteiger partial charge in [-0.25, -0.2) is 0 Å². The maximum Gasteiger partial charge on any atom is 0.245 e. The van der Waals surface area contributed by atoms with Gasteiger partial charge < -0.3 is 20.1 Å². The molecule has 2 heterocycles. The second-order valence-corrected chi connectivity index (χ2v) is 5.70. The van der Waals surface area contributed by atoms with Crippen molar-refractivity contribution in [3.63, 3.8) is 0 Å². The molecule has 7 heteroatoms. The minimum absolute atomic E-state index is 0.00268. The van der Waals surface area contributed by atoms with E-state index in [9.17, 15) is 9.59 Å². The molecular formula is C14H22N4O3. The number of likely N-dealkylation sites (N-methyl/N-ethyl adjacent to an activating group) is 1. The van der Waals surface area contributed by atoms with E-state index in [2.05, 4.69) is 22.7 Å². The predicted octanol–water partition coefficient (Wildman–Crippen LogP) is 0.768. The third kappa shape index (κ3) is 4.29. The molecule has 116 valence electrons. The third-order valence-corrected chi connectivity index (χ3v) is 3.62. The molecule has 1 aliphatic rings. The van der Waals surface area contributed by atoms with Crippen LogP contribution in [0.5, 0.6) is 0 Å². The Hall–Kier alpha value is -1.89. The zero-order valence-electron chi connectivity index (χ0n) is 12.7. The van der Waals surface area contributed by atoms with Gasteiger partial charge in [-0.1, -0.05) is 12.1 Å². The Balaban J connectivity index is 1.83. The predicted molar refractivity (Wildman–Crippen MR) is 77.7 cm³/mol. The van der Waals surface area contributed by atoms with Crippen LogP contribution in [0.15, 0.2) is 10.6 Å². The first-order valence-electron chi connectivity index (χ1n) is 7.17. The zero-order chi connectivity index (χ0) is 15.4. The summed E-state index contributed by atoms with van der Waals surface area (Å²) in [5.74, 6) is 1.18. The van der Waals surface area contributed by atoms with Crippen molar-refractivity contribution in [3.05, 3.63) is 11.8 Å². The number of carbonyl (C=O) groups is 2. The van der Waals surface area contributed by atoms with Crippen molar-refractivity contribution < 1.29 is 14.1 Å².